The summed E-state index contributed by atoms with van der Waals surface area (Å²) in [5.41, 5.74) is 0. The molecule has 0 bridgehead atoms. The third-order valence-electron chi connectivity index (χ3n) is 12.0. The second-order valence-electron chi connectivity index (χ2n) is 19.3. The molecule has 0 aliphatic heterocycles. The Bertz CT molecular complexity index is 989. The lowest BCUT2D eigenvalue weighted by Gasteiger charge is -2.25. The third kappa shape index (κ3) is 45.3. The van der Waals surface area contributed by atoms with E-state index >= 15 is 0 Å². The summed E-state index contributed by atoms with van der Waals surface area (Å²) in [6.07, 6.45) is 51.5. The van der Waals surface area contributed by atoms with Crippen molar-refractivity contribution >= 4 is 13.7 Å². The molecule has 3 atom stereocenters. The van der Waals surface area contributed by atoms with E-state index in [2.05, 4.69) is 19.2 Å². The number of amides is 1. The highest BCUT2D eigenvalue weighted by molar-refractivity contribution is 7.47. The summed E-state index contributed by atoms with van der Waals surface area (Å²) in [6.45, 7) is 4.85. The number of phosphoric ester groups is 1. The van der Waals surface area contributed by atoms with Crippen LogP contribution < -0.4 is 5.32 Å². The maximum absolute atomic E-state index is 12.9. The smallest absolute Gasteiger partial charge is 0.387 e. The second-order valence-corrected chi connectivity index (χ2v) is 20.7. The van der Waals surface area contributed by atoms with Crippen molar-refractivity contribution < 1.29 is 32.9 Å². The third-order valence-corrected chi connectivity index (χ3v) is 13.0. The van der Waals surface area contributed by atoms with Gasteiger partial charge >= 0.3 is 7.82 Å². The molecule has 0 aromatic heterocycles. The van der Waals surface area contributed by atoms with Crippen molar-refractivity contribution in [2.75, 3.05) is 40.9 Å². The van der Waals surface area contributed by atoms with Crippen molar-refractivity contribution in [2.45, 2.75) is 270 Å². The molecule has 0 spiro atoms. The first-order chi connectivity index (χ1) is 29.0. The van der Waals surface area contributed by atoms with Crippen LogP contribution in [-0.2, 0) is 18.4 Å². The number of rotatable bonds is 48. The molecule has 0 saturated carbocycles. The normalized spacial score (nSPS) is 14.2. The summed E-state index contributed by atoms with van der Waals surface area (Å²) in [4.78, 5) is 23.2. The molecule has 0 fully saturated rings. The molecule has 8 nitrogen and oxygen atoms in total. The van der Waals surface area contributed by atoms with Crippen LogP contribution in [0.5, 0.6) is 0 Å². The standard InChI is InChI=1S/C51H103N2O6P/c1-6-8-10-12-14-16-18-20-22-24-25-26-27-28-29-31-33-35-37-39-41-43-45-51(55)52-49(48-59-60(56,57)58-47-46-53(3,4)5)50(54)44-42-40-38-36-34-32-30-23-21-19-17-15-13-11-9-7-2/h42,44,49-50,54H,6-41,43,45-48H2,1-5H3,(H-,52,55,56,57)/p+1/b44-42+. The number of allylic oxidation sites excluding steroid dienone is 1. The van der Waals surface area contributed by atoms with Gasteiger partial charge in [-0.2, -0.15) is 0 Å². The van der Waals surface area contributed by atoms with Gasteiger partial charge in [-0.1, -0.05) is 244 Å². The van der Waals surface area contributed by atoms with Crippen LogP contribution in [0.25, 0.3) is 0 Å². The zero-order chi connectivity index (χ0) is 44.3. The van der Waals surface area contributed by atoms with Crippen molar-refractivity contribution in [3.05, 3.63) is 12.2 Å². The molecule has 358 valence electrons. The molecule has 1 amide bonds. The summed E-state index contributed by atoms with van der Waals surface area (Å²) in [6, 6.07) is -0.840. The number of likely N-dealkylation sites (N-methyl/N-ethyl adjacent to an activating group) is 1. The van der Waals surface area contributed by atoms with Gasteiger partial charge in [0.05, 0.1) is 39.9 Å². The molecule has 0 aliphatic carbocycles. The second kappa shape index (κ2) is 43.5. The molecule has 0 saturated heterocycles. The van der Waals surface area contributed by atoms with Crippen LogP contribution in [0.3, 0.4) is 0 Å². The van der Waals surface area contributed by atoms with Gasteiger partial charge in [-0.15, -0.1) is 0 Å². The molecule has 0 aliphatic rings. The molecule has 60 heavy (non-hydrogen) atoms. The first kappa shape index (κ1) is 59.2. The topological polar surface area (TPSA) is 105 Å². The zero-order valence-electron chi connectivity index (χ0n) is 40.7. The van der Waals surface area contributed by atoms with Crippen LogP contribution in [0.2, 0.25) is 0 Å². The Morgan fingerprint density at radius 1 is 0.550 bits per heavy atom. The minimum Gasteiger partial charge on any atom is -0.387 e. The van der Waals surface area contributed by atoms with E-state index in [0.29, 0.717) is 17.4 Å². The lowest BCUT2D eigenvalue weighted by molar-refractivity contribution is -0.870. The summed E-state index contributed by atoms with van der Waals surface area (Å²) in [7, 11) is 1.59. The fraction of sp³-hybridized carbons (Fsp3) is 0.941. The van der Waals surface area contributed by atoms with Crippen molar-refractivity contribution in [3.63, 3.8) is 0 Å². The maximum Gasteiger partial charge on any atom is 0.472 e. The first-order valence-electron chi connectivity index (χ1n) is 26.1. The molecular formula is C51H104N2O6P+. The van der Waals surface area contributed by atoms with E-state index < -0.39 is 20.0 Å². The number of hydrogen-bond acceptors (Lipinski definition) is 5. The van der Waals surface area contributed by atoms with Gasteiger partial charge in [0, 0.05) is 6.42 Å². The number of unbranched alkanes of at least 4 members (excludes halogenated alkanes) is 35. The maximum atomic E-state index is 12.9. The predicted molar refractivity (Wildman–Crippen MR) is 259 cm³/mol. The van der Waals surface area contributed by atoms with Crippen LogP contribution in [0.1, 0.15) is 258 Å². The van der Waals surface area contributed by atoms with E-state index in [-0.39, 0.29) is 19.1 Å². The zero-order valence-corrected chi connectivity index (χ0v) is 41.6. The van der Waals surface area contributed by atoms with Gasteiger partial charge in [-0.05, 0) is 19.3 Å². The average Bonchev–Trinajstić information content (AvgIpc) is 3.20. The summed E-state index contributed by atoms with van der Waals surface area (Å²) >= 11 is 0. The molecule has 3 unspecified atom stereocenters. The minimum absolute atomic E-state index is 0.0649. The highest BCUT2D eigenvalue weighted by Gasteiger charge is 2.27. The largest absolute Gasteiger partial charge is 0.472 e. The van der Waals surface area contributed by atoms with E-state index in [0.717, 1.165) is 32.1 Å². The van der Waals surface area contributed by atoms with Gasteiger partial charge in [0.25, 0.3) is 0 Å². The van der Waals surface area contributed by atoms with Crippen molar-refractivity contribution in [1.29, 1.82) is 0 Å². The van der Waals surface area contributed by atoms with E-state index in [1.54, 1.807) is 6.08 Å². The Hall–Kier alpha value is -0.760. The molecule has 3 N–H and O–H groups in total. The van der Waals surface area contributed by atoms with Crippen molar-refractivity contribution in [2.24, 2.45) is 0 Å². The van der Waals surface area contributed by atoms with Gasteiger partial charge in [-0.3, -0.25) is 13.8 Å². The van der Waals surface area contributed by atoms with Crippen LogP contribution >= 0.6 is 7.82 Å². The van der Waals surface area contributed by atoms with E-state index in [1.165, 1.54) is 205 Å². The number of carbonyl (C=O) groups is 1. The minimum atomic E-state index is -4.34. The Morgan fingerprint density at radius 3 is 1.23 bits per heavy atom. The van der Waals surface area contributed by atoms with E-state index in [1.807, 2.05) is 27.2 Å². The monoisotopic (exact) mass is 872 g/mol. The number of quaternary nitrogens is 1. The van der Waals surface area contributed by atoms with E-state index in [9.17, 15) is 19.4 Å². The molecule has 0 radical (unpaired) electrons. The summed E-state index contributed by atoms with van der Waals surface area (Å²) in [5.74, 6) is -0.171. The number of aliphatic hydroxyl groups is 1. The number of carbonyl (C=O) groups excluding carboxylic acids is 1. The Labute approximate surface area is 373 Å². The number of nitrogens with zero attached hydrogens (tertiary/aromatic N) is 1. The van der Waals surface area contributed by atoms with Crippen molar-refractivity contribution in [3.8, 4) is 0 Å². The number of nitrogens with one attached hydrogen (secondary N) is 1. The quantitative estimate of drug-likeness (QED) is 0.0243. The molecule has 0 rings (SSSR count). The SMILES string of the molecule is CCCCCCCCCCCCCCCC/C=C/C(O)C(COP(=O)(O)OCC[N+](C)(C)C)NC(=O)CCCCCCCCCCCCCCCCCCCCCCCC. The van der Waals surface area contributed by atoms with Crippen LogP contribution in [0, 0.1) is 0 Å². The van der Waals surface area contributed by atoms with Gasteiger partial charge < -0.3 is 19.8 Å². The van der Waals surface area contributed by atoms with Crippen LogP contribution in [0.4, 0.5) is 0 Å². The van der Waals surface area contributed by atoms with Crippen LogP contribution in [0.15, 0.2) is 12.2 Å². The Morgan fingerprint density at radius 2 is 0.883 bits per heavy atom. The summed E-state index contributed by atoms with van der Waals surface area (Å²) in [5, 5.41) is 13.9. The Kier molecular flexibility index (Phi) is 42.9. The van der Waals surface area contributed by atoms with Gasteiger partial charge in [0.2, 0.25) is 5.91 Å². The highest BCUT2D eigenvalue weighted by Crippen LogP contribution is 2.43. The molecule has 9 heteroatoms. The number of hydrogen-bond donors (Lipinski definition) is 3. The first-order valence-corrected chi connectivity index (χ1v) is 27.6. The summed E-state index contributed by atoms with van der Waals surface area (Å²) < 4.78 is 23.6. The van der Waals surface area contributed by atoms with E-state index in [4.69, 9.17) is 9.05 Å². The van der Waals surface area contributed by atoms with Gasteiger partial charge in [0.15, 0.2) is 0 Å². The van der Waals surface area contributed by atoms with Crippen LogP contribution in [-0.4, -0.2) is 73.4 Å². The lowest BCUT2D eigenvalue weighted by Crippen LogP contribution is -2.45. The Balaban J connectivity index is 4.23. The molecule has 0 aromatic carbocycles. The number of phosphoric acid groups is 1. The highest BCUT2D eigenvalue weighted by atomic mass is 31.2. The fourth-order valence-electron chi connectivity index (χ4n) is 7.87. The average molecular weight is 872 g/mol. The molecule has 0 aromatic rings. The lowest BCUT2D eigenvalue weighted by atomic mass is 10.0. The molecule has 0 heterocycles. The number of aliphatic hydroxyl groups excluding tert-OH is 1. The van der Waals surface area contributed by atoms with Gasteiger partial charge in [0.1, 0.15) is 13.2 Å². The predicted octanol–water partition coefficient (Wildman–Crippen LogP) is 15.1. The fourth-order valence-corrected chi connectivity index (χ4v) is 8.60. The van der Waals surface area contributed by atoms with Crippen molar-refractivity contribution in [1.82, 2.24) is 5.32 Å². The molecular weight excluding hydrogens is 768 g/mol. The van der Waals surface area contributed by atoms with Gasteiger partial charge in [-0.25, -0.2) is 4.57 Å².